The van der Waals surface area contributed by atoms with Crippen LogP contribution in [0.4, 0.5) is 4.39 Å². The van der Waals surface area contributed by atoms with Gasteiger partial charge in [-0.15, -0.1) is 0 Å². The minimum atomic E-state index is -0.334. The number of furan rings is 1. The summed E-state index contributed by atoms with van der Waals surface area (Å²) >= 11 is 0. The average molecular weight is 277 g/mol. The summed E-state index contributed by atoms with van der Waals surface area (Å²) < 4.78 is 23.1. The van der Waals surface area contributed by atoms with Crippen LogP contribution in [0.3, 0.4) is 0 Å². The molecule has 4 nitrogen and oxygen atoms in total. The lowest BCUT2D eigenvalue weighted by Crippen LogP contribution is -2.29. The Kier molecular flexibility index (Phi) is 5.17. The molecule has 1 heterocycles. The molecule has 1 aromatic heterocycles. The Balaban J connectivity index is 1.59. The van der Waals surface area contributed by atoms with E-state index in [1.165, 1.54) is 24.3 Å². The van der Waals surface area contributed by atoms with E-state index in [2.05, 4.69) is 5.32 Å². The first kappa shape index (κ1) is 14.1. The monoisotopic (exact) mass is 277 g/mol. The normalized spacial score (nSPS) is 10.2. The molecule has 1 aromatic carbocycles. The summed E-state index contributed by atoms with van der Waals surface area (Å²) in [6, 6.07) is 9.29. The Morgan fingerprint density at radius 2 is 2.05 bits per heavy atom. The van der Waals surface area contributed by atoms with Crippen LogP contribution in [0.25, 0.3) is 0 Å². The standard InChI is InChI=1S/C15H16FNO3/c16-12-5-7-14(8-6-12)20-11-15(18)17-9-1-3-13-4-2-10-19-13/h2,4-8,10H,1,3,9,11H2,(H,17,18). The number of nitrogens with one attached hydrogen (secondary N) is 1. The lowest BCUT2D eigenvalue weighted by atomic mass is 10.2. The van der Waals surface area contributed by atoms with E-state index in [9.17, 15) is 9.18 Å². The third-order valence-corrected chi connectivity index (χ3v) is 2.69. The van der Waals surface area contributed by atoms with E-state index in [4.69, 9.17) is 9.15 Å². The van der Waals surface area contributed by atoms with Crippen LogP contribution in [-0.2, 0) is 11.2 Å². The Labute approximate surface area is 116 Å². The molecule has 0 radical (unpaired) electrons. The molecule has 0 saturated heterocycles. The van der Waals surface area contributed by atoms with E-state index >= 15 is 0 Å². The zero-order chi connectivity index (χ0) is 14.2. The van der Waals surface area contributed by atoms with Gasteiger partial charge >= 0.3 is 0 Å². The predicted octanol–water partition coefficient (Wildman–Crippen LogP) is 2.55. The first-order chi connectivity index (χ1) is 9.74. The number of carbonyl (C=O) groups is 1. The molecular formula is C15H16FNO3. The summed E-state index contributed by atoms with van der Waals surface area (Å²) in [6.45, 7) is 0.485. The maximum Gasteiger partial charge on any atom is 0.257 e. The third kappa shape index (κ3) is 4.76. The highest BCUT2D eigenvalue weighted by molar-refractivity contribution is 5.77. The molecule has 0 aliphatic heterocycles. The van der Waals surface area contributed by atoms with Crippen molar-refractivity contribution in [1.29, 1.82) is 0 Å². The highest BCUT2D eigenvalue weighted by Crippen LogP contribution is 2.10. The fraction of sp³-hybridized carbons (Fsp3) is 0.267. The lowest BCUT2D eigenvalue weighted by Gasteiger charge is -2.07. The second-order valence-corrected chi connectivity index (χ2v) is 4.28. The number of halogens is 1. The molecule has 0 aliphatic rings. The topological polar surface area (TPSA) is 51.5 Å². The molecule has 0 aliphatic carbocycles. The van der Waals surface area contributed by atoms with Crippen molar-refractivity contribution in [2.24, 2.45) is 0 Å². The van der Waals surface area contributed by atoms with E-state index in [-0.39, 0.29) is 18.3 Å². The molecule has 0 fully saturated rings. The zero-order valence-electron chi connectivity index (χ0n) is 11.0. The Bertz CT molecular complexity index is 523. The van der Waals surface area contributed by atoms with Gasteiger partial charge in [0, 0.05) is 13.0 Å². The fourth-order valence-electron chi connectivity index (χ4n) is 1.68. The molecule has 0 atom stereocenters. The van der Waals surface area contributed by atoms with E-state index < -0.39 is 0 Å². The van der Waals surface area contributed by atoms with Gasteiger partial charge in [-0.25, -0.2) is 4.39 Å². The summed E-state index contributed by atoms with van der Waals surface area (Å²) in [7, 11) is 0. The number of amides is 1. The highest BCUT2D eigenvalue weighted by Gasteiger charge is 2.03. The fourth-order valence-corrected chi connectivity index (χ4v) is 1.68. The van der Waals surface area contributed by atoms with Crippen LogP contribution in [-0.4, -0.2) is 19.1 Å². The van der Waals surface area contributed by atoms with Crippen LogP contribution in [0, 0.1) is 5.82 Å². The zero-order valence-corrected chi connectivity index (χ0v) is 11.0. The molecule has 0 saturated carbocycles. The van der Waals surface area contributed by atoms with Gasteiger partial charge in [-0.2, -0.15) is 0 Å². The van der Waals surface area contributed by atoms with Gasteiger partial charge in [0.05, 0.1) is 6.26 Å². The molecule has 1 N–H and O–H groups in total. The number of aryl methyl sites for hydroxylation is 1. The van der Waals surface area contributed by atoms with Crippen LogP contribution in [0.2, 0.25) is 0 Å². The van der Waals surface area contributed by atoms with Gasteiger partial charge < -0.3 is 14.5 Å². The largest absolute Gasteiger partial charge is 0.484 e. The van der Waals surface area contributed by atoms with Gasteiger partial charge in [-0.3, -0.25) is 4.79 Å². The Morgan fingerprint density at radius 3 is 2.75 bits per heavy atom. The summed E-state index contributed by atoms with van der Waals surface area (Å²) in [4.78, 5) is 11.5. The van der Waals surface area contributed by atoms with Crippen LogP contribution in [0.15, 0.2) is 47.1 Å². The number of hydrogen-bond acceptors (Lipinski definition) is 3. The maximum absolute atomic E-state index is 12.7. The first-order valence-electron chi connectivity index (χ1n) is 6.41. The van der Waals surface area contributed by atoms with Crippen molar-refractivity contribution in [3.05, 3.63) is 54.2 Å². The summed E-state index contributed by atoms with van der Waals surface area (Å²) in [5, 5.41) is 2.75. The number of rotatable bonds is 7. The number of hydrogen-bond donors (Lipinski definition) is 1. The molecule has 2 rings (SSSR count). The van der Waals surface area contributed by atoms with Gasteiger partial charge in [-0.1, -0.05) is 0 Å². The third-order valence-electron chi connectivity index (χ3n) is 2.69. The van der Waals surface area contributed by atoms with Crippen molar-refractivity contribution in [2.45, 2.75) is 12.8 Å². The molecule has 5 heteroatoms. The van der Waals surface area contributed by atoms with Gasteiger partial charge in [0.15, 0.2) is 6.61 Å². The van der Waals surface area contributed by atoms with E-state index in [1.54, 1.807) is 6.26 Å². The Morgan fingerprint density at radius 1 is 1.25 bits per heavy atom. The molecule has 106 valence electrons. The van der Waals surface area contributed by atoms with Gasteiger partial charge in [0.25, 0.3) is 5.91 Å². The summed E-state index contributed by atoms with van der Waals surface area (Å²) in [6.07, 6.45) is 3.21. The molecule has 0 bridgehead atoms. The van der Waals surface area contributed by atoms with Crippen molar-refractivity contribution in [1.82, 2.24) is 5.32 Å². The molecule has 1 amide bonds. The van der Waals surface area contributed by atoms with E-state index in [1.807, 2.05) is 12.1 Å². The van der Waals surface area contributed by atoms with Crippen LogP contribution in [0.5, 0.6) is 5.75 Å². The van der Waals surface area contributed by atoms with Gasteiger partial charge in [0.2, 0.25) is 0 Å². The highest BCUT2D eigenvalue weighted by atomic mass is 19.1. The minimum absolute atomic E-state index is 0.0770. The van der Waals surface area contributed by atoms with Gasteiger partial charge in [-0.05, 0) is 42.8 Å². The van der Waals surface area contributed by atoms with Crippen LogP contribution >= 0.6 is 0 Å². The second-order valence-electron chi connectivity index (χ2n) is 4.28. The van der Waals surface area contributed by atoms with Gasteiger partial charge in [0.1, 0.15) is 17.3 Å². The molecule has 2 aromatic rings. The average Bonchev–Trinajstić information content (AvgIpc) is 2.96. The molecule has 0 spiro atoms. The molecule has 0 unspecified atom stereocenters. The number of ether oxygens (including phenoxy) is 1. The van der Waals surface area contributed by atoms with Crippen molar-refractivity contribution in [3.8, 4) is 5.75 Å². The molecular weight excluding hydrogens is 261 g/mol. The van der Waals surface area contributed by atoms with Crippen molar-refractivity contribution in [3.63, 3.8) is 0 Å². The number of benzene rings is 1. The van der Waals surface area contributed by atoms with Crippen LogP contribution in [0.1, 0.15) is 12.2 Å². The molecule has 20 heavy (non-hydrogen) atoms. The van der Waals surface area contributed by atoms with Crippen molar-refractivity contribution in [2.75, 3.05) is 13.2 Å². The maximum atomic E-state index is 12.7. The Hall–Kier alpha value is -2.30. The number of carbonyl (C=O) groups excluding carboxylic acids is 1. The van der Waals surface area contributed by atoms with Crippen molar-refractivity contribution < 1.29 is 18.3 Å². The smallest absolute Gasteiger partial charge is 0.257 e. The summed E-state index contributed by atoms with van der Waals surface area (Å²) in [5.41, 5.74) is 0. The lowest BCUT2D eigenvalue weighted by molar-refractivity contribution is -0.123. The predicted molar refractivity (Wildman–Crippen MR) is 71.9 cm³/mol. The minimum Gasteiger partial charge on any atom is -0.484 e. The quantitative estimate of drug-likeness (QED) is 0.791. The van der Waals surface area contributed by atoms with E-state index in [0.717, 1.165) is 18.6 Å². The van der Waals surface area contributed by atoms with E-state index in [0.29, 0.717) is 12.3 Å². The SMILES string of the molecule is O=C(COc1ccc(F)cc1)NCCCc1ccco1. The first-order valence-corrected chi connectivity index (χ1v) is 6.41. The second kappa shape index (κ2) is 7.33. The van der Waals surface area contributed by atoms with Crippen LogP contribution < -0.4 is 10.1 Å². The van der Waals surface area contributed by atoms with Crippen molar-refractivity contribution >= 4 is 5.91 Å². The summed E-state index contributed by atoms with van der Waals surface area (Å²) in [5.74, 6) is 0.840.